The molecule has 0 unspecified atom stereocenters. The largest absolute Gasteiger partial charge is 0.511 e. The first-order valence-corrected chi connectivity index (χ1v) is 8.68. The topological polar surface area (TPSA) is 62.7 Å². The number of nitrogens with zero attached hydrogens (tertiary/aromatic N) is 2. The third kappa shape index (κ3) is 3.41. The number of halogens is 2. The number of fused-ring (bicyclic) bond motifs is 1. The molecule has 0 spiro atoms. The van der Waals surface area contributed by atoms with Crippen LogP contribution >= 0.6 is 23.2 Å². The van der Waals surface area contributed by atoms with Crippen LogP contribution in [0.1, 0.15) is 6.92 Å². The van der Waals surface area contributed by atoms with Crippen molar-refractivity contribution in [1.29, 1.82) is 0 Å². The van der Waals surface area contributed by atoms with Crippen LogP contribution in [-0.4, -0.2) is 29.8 Å². The van der Waals surface area contributed by atoms with Gasteiger partial charge in [0, 0.05) is 29.6 Å². The summed E-state index contributed by atoms with van der Waals surface area (Å²) in [5, 5.41) is 10.7. The maximum atomic E-state index is 11.4. The molecular weight excluding hydrogens is 375 g/mol. The molecule has 3 rings (SSSR count). The fourth-order valence-corrected chi connectivity index (χ4v) is 3.28. The first-order valence-electron chi connectivity index (χ1n) is 7.92. The highest BCUT2D eigenvalue weighted by atomic mass is 35.5. The minimum atomic E-state index is -1.41. The minimum Gasteiger partial charge on any atom is -0.449 e. The second-order valence-corrected chi connectivity index (χ2v) is 6.52. The average molecular weight is 391 g/mol. The highest BCUT2D eigenvalue weighted by Crippen LogP contribution is 2.44. The number of hydrogen-bond donors (Lipinski definition) is 1. The fourth-order valence-electron chi connectivity index (χ4n) is 2.74. The first-order chi connectivity index (χ1) is 12.4. The molecule has 0 aliphatic rings. The zero-order valence-corrected chi connectivity index (χ0v) is 15.7. The smallest absolute Gasteiger partial charge is 0.449 e. The van der Waals surface area contributed by atoms with E-state index >= 15 is 0 Å². The van der Waals surface area contributed by atoms with E-state index in [1.807, 2.05) is 44.3 Å². The van der Waals surface area contributed by atoms with Gasteiger partial charge in [-0.15, -0.1) is 0 Å². The van der Waals surface area contributed by atoms with E-state index in [1.165, 1.54) is 0 Å². The van der Waals surface area contributed by atoms with E-state index in [-0.39, 0.29) is 5.75 Å². The minimum absolute atomic E-state index is 0.152. The van der Waals surface area contributed by atoms with E-state index < -0.39 is 6.16 Å². The highest BCUT2D eigenvalue weighted by Gasteiger charge is 2.23. The van der Waals surface area contributed by atoms with Crippen LogP contribution in [0.25, 0.3) is 22.0 Å². The maximum absolute atomic E-state index is 11.4. The third-order valence-electron chi connectivity index (χ3n) is 4.03. The summed E-state index contributed by atoms with van der Waals surface area (Å²) in [5.41, 5.74) is 1.89. The van der Waals surface area contributed by atoms with E-state index in [4.69, 9.17) is 27.9 Å². The number of carbonyl (C=O) groups is 1. The SMILES string of the molecule is CCN(C)c1nc2c(Cl)cc(Cl)cc2c(-c2ccccc2)c1OC(=O)O. The van der Waals surface area contributed by atoms with Crippen LogP contribution in [0.3, 0.4) is 0 Å². The molecule has 134 valence electrons. The number of pyridine rings is 1. The Morgan fingerprint density at radius 2 is 1.92 bits per heavy atom. The molecule has 0 amide bonds. The molecule has 1 aromatic heterocycles. The Morgan fingerprint density at radius 3 is 2.54 bits per heavy atom. The van der Waals surface area contributed by atoms with Gasteiger partial charge in [0.1, 0.15) is 0 Å². The number of carboxylic acid groups (broad SMARTS) is 1. The summed E-state index contributed by atoms with van der Waals surface area (Å²) in [5.74, 6) is 0.546. The van der Waals surface area contributed by atoms with Crippen molar-refractivity contribution in [3.8, 4) is 16.9 Å². The van der Waals surface area contributed by atoms with Crippen molar-refractivity contribution in [3.05, 3.63) is 52.5 Å². The zero-order valence-electron chi connectivity index (χ0n) is 14.2. The van der Waals surface area contributed by atoms with Crippen LogP contribution in [0.4, 0.5) is 10.6 Å². The van der Waals surface area contributed by atoms with Crippen LogP contribution in [0.5, 0.6) is 5.75 Å². The molecule has 0 aliphatic carbocycles. The van der Waals surface area contributed by atoms with Crippen molar-refractivity contribution in [2.24, 2.45) is 0 Å². The quantitative estimate of drug-likeness (QED) is 0.576. The molecule has 0 radical (unpaired) electrons. The third-order valence-corrected chi connectivity index (χ3v) is 4.54. The lowest BCUT2D eigenvalue weighted by Gasteiger charge is -2.22. The van der Waals surface area contributed by atoms with Crippen molar-refractivity contribution < 1.29 is 14.6 Å². The Kier molecular flexibility index (Phi) is 5.20. The lowest BCUT2D eigenvalue weighted by Crippen LogP contribution is -2.20. The second kappa shape index (κ2) is 7.40. The summed E-state index contributed by atoms with van der Waals surface area (Å²) in [6.07, 6.45) is -1.41. The van der Waals surface area contributed by atoms with Crippen LogP contribution in [0.2, 0.25) is 10.0 Å². The molecule has 1 N–H and O–H groups in total. The number of anilines is 1. The molecular formula is C19H16Cl2N2O3. The summed E-state index contributed by atoms with van der Waals surface area (Å²) >= 11 is 12.6. The van der Waals surface area contributed by atoms with E-state index in [0.717, 1.165) is 5.56 Å². The molecule has 0 atom stereocenters. The summed E-state index contributed by atoms with van der Waals surface area (Å²) < 4.78 is 5.17. The highest BCUT2D eigenvalue weighted by molar-refractivity contribution is 6.39. The van der Waals surface area contributed by atoms with E-state index in [9.17, 15) is 9.90 Å². The van der Waals surface area contributed by atoms with E-state index in [0.29, 0.717) is 38.9 Å². The number of ether oxygens (including phenoxy) is 1. The molecule has 0 saturated carbocycles. The Bertz CT molecular complexity index is 978. The summed E-state index contributed by atoms with van der Waals surface area (Å²) in [6, 6.07) is 12.7. The van der Waals surface area contributed by atoms with Crippen molar-refractivity contribution in [3.63, 3.8) is 0 Å². The molecule has 5 nitrogen and oxygen atoms in total. The van der Waals surface area contributed by atoms with Crippen molar-refractivity contribution in [2.45, 2.75) is 6.92 Å². The standard InChI is InChI=1S/C19H16Cl2N2O3/c1-3-23(2)18-17(26-19(24)25)15(11-7-5-4-6-8-11)13-9-12(20)10-14(21)16(13)22-18/h4-10H,3H2,1-2H3,(H,24,25). The Morgan fingerprint density at radius 1 is 1.23 bits per heavy atom. The van der Waals surface area contributed by atoms with Crippen molar-refractivity contribution in [1.82, 2.24) is 4.98 Å². The van der Waals surface area contributed by atoms with Crippen molar-refractivity contribution in [2.75, 3.05) is 18.5 Å². The van der Waals surface area contributed by atoms with Gasteiger partial charge in [-0.05, 0) is 24.6 Å². The Balaban J connectivity index is 2.50. The van der Waals surface area contributed by atoms with Gasteiger partial charge in [0.05, 0.1) is 10.5 Å². The van der Waals surface area contributed by atoms with Gasteiger partial charge < -0.3 is 14.7 Å². The maximum Gasteiger partial charge on any atom is 0.511 e. The molecule has 0 aliphatic heterocycles. The monoisotopic (exact) mass is 390 g/mol. The molecule has 2 aromatic carbocycles. The van der Waals surface area contributed by atoms with Gasteiger partial charge in [-0.3, -0.25) is 0 Å². The first kappa shape index (κ1) is 18.3. The van der Waals surface area contributed by atoms with Gasteiger partial charge >= 0.3 is 6.16 Å². The molecule has 0 bridgehead atoms. The van der Waals surface area contributed by atoms with Gasteiger partial charge in [0.25, 0.3) is 0 Å². The molecule has 3 aromatic rings. The Labute approximate surface area is 160 Å². The zero-order chi connectivity index (χ0) is 18.8. The van der Waals surface area contributed by atoms with Gasteiger partial charge in [-0.1, -0.05) is 53.5 Å². The average Bonchev–Trinajstić information content (AvgIpc) is 2.60. The van der Waals surface area contributed by atoms with Crippen LogP contribution in [-0.2, 0) is 0 Å². The number of benzene rings is 2. The van der Waals surface area contributed by atoms with Gasteiger partial charge in [-0.25, -0.2) is 9.78 Å². The second-order valence-electron chi connectivity index (χ2n) is 5.67. The summed E-state index contributed by atoms with van der Waals surface area (Å²) in [7, 11) is 1.81. The van der Waals surface area contributed by atoms with Crippen molar-refractivity contribution >= 4 is 46.1 Å². The molecule has 1 heterocycles. The van der Waals surface area contributed by atoms with Gasteiger partial charge in [0.15, 0.2) is 11.6 Å². The lowest BCUT2D eigenvalue weighted by molar-refractivity contribution is 0.144. The lowest BCUT2D eigenvalue weighted by atomic mass is 9.99. The van der Waals surface area contributed by atoms with Gasteiger partial charge in [0.2, 0.25) is 0 Å². The van der Waals surface area contributed by atoms with E-state index in [2.05, 4.69) is 4.98 Å². The molecule has 0 saturated heterocycles. The van der Waals surface area contributed by atoms with Crippen LogP contribution in [0.15, 0.2) is 42.5 Å². The number of rotatable bonds is 4. The molecule has 0 fully saturated rings. The van der Waals surface area contributed by atoms with Crippen LogP contribution < -0.4 is 9.64 Å². The number of aromatic nitrogens is 1. The fraction of sp³-hybridized carbons (Fsp3) is 0.158. The van der Waals surface area contributed by atoms with Crippen LogP contribution in [0, 0.1) is 0 Å². The molecule has 7 heteroatoms. The molecule has 26 heavy (non-hydrogen) atoms. The van der Waals surface area contributed by atoms with Gasteiger partial charge in [-0.2, -0.15) is 0 Å². The summed E-state index contributed by atoms with van der Waals surface area (Å²) in [4.78, 5) is 17.7. The number of hydrogen-bond acceptors (Lipinski definition) is 4. The predicted octanol–water partition coefficient (Wildman–Crippen LogP) is 5.72. The normalized spacial score (nSPS) is 10.8. The predicted molar refractivity (Wildman–Crippen MR) is 105 cm³/mol. The Hall–Kier alpha value is -2.50. The van der Waals surface area contributed by atoms with E-state index in [1.54, 1.807) is 17.0 Å². The summed E-state index contributed by atoms with van der Waals surface area (Å²) in [6.45, 7) is 2.54.